The minimum atomic E-state index is -1.11. The summed E-state index contributed by atoms with van der Waals surface area (Å²) in [6.45, 7) is 2.90. The zero-order chi connectivity index (χ0) is 13.2. The maximum Gasteiger partial charge on any atom is 0.371 e. The maximum absolute atomic E-state index is 11.9. The number of amides is 1. The number of carbonyl (C=O) groups is 2. The van der Waals surface area contributed by atoms with Crippen molar-refractivity contribution in [1.82, 2.24) is 10.6 Å². The number of carboxylic acid groups (broad SMARTS) is 1. The van der Waals surface area contributed by atoms with Crippen LogP contribution < -0.4 is 10.6 Å². The predicted molar refractivity (Wildman–Crippen MR) is 63.2 cm³/mol. The smallest absolute Gasteiger partial charge is 0.371 e. The van der Waals surface area contributed by atoms with Gasteiger partial charge in [-0.05, 0) is 38.4 Å². The fourth-order valence-corrected chi connectivity index (χ4v) is 2.04. The van der Waals surface area contributed by atoms with E-state index in [9.17, 15) is 9.59 Å². The van der Waals surface area contributed by atoms with Crippen LogP contribution in [0.4, 0.5) is 0 Å². The first-order valence-corrected chi connectivity index (χ1v) is 5.87. The minimum absolute atomic E-state index is 0.0896. The summed E-state index contributed by atoms with van der Waals surface area (Å²) in [5, 5.41) is 14.6. The zero-order valence-electron chi connectivity index (χ0n) is 10.2. The molecule has 0 radical (unpaired) electrons. The Balaban J connectivity index is 1.90. The molecule has 1 saturated heterocycles. The van der Waals surface area contributed by atoms with Crippen LogP contribution in [0.15, 0.2) is 16.5 Å². The van der Waals surface area contributed by atoms with Crippen LogP contribution in [0.2, 0.25) is 0 Å². The van der Waals surface area contributed by atoms with Crippen molar-refractivity contribution in [2.45, 2.75) is 31.8 Å². The molecule has 1 atom stereocenters. The highest BCUT2D eigenvalue weighted by Gasteiger charge is 2.35. The van der Waals surface area contributed by atoms with Gasteiger partial charge in [-0.2, -0.15) is 0 Å². The second kappa shape index (κ2) is 4.81. The van der Waals surface area contributed by atoms with Crippen LogP contribution in [-0.4, -0.2) is 29.1 Å². The molecule has 6 heteroatoms. The SMILES string of the molecule is CC1(C(=O)NCc2ccc(C(=O)O)o2)CCCN1. The van der Waals surface area contributed by atoms with Gasteiger partial charge in [-0.1, -0.05) is 0 Å². The van der Waals surface area contributed by atoms with Gasteiger partial charge in [0.1, 0.15) is 5.76 Å². The molecule has 18 heavy (non-hydrogen) atoms. The number of carboxylic acids is 1. The standard InChI is InChI=1S/C12H16N2O4/c1-12(5-2-6-14-12)11(17)13-7-8-3-4-9(18-8)10(15)16/h3-4,14H,2,5-7H2,1H3,(H,13,17)(H,15,16). The van der Waals surface area contributed by atoms with E-state index in [0.717, 1.165) is 19.4 Å². The Labute approximate surface area is 104 Å². The predicted octanol–water partition coefficient (Wildman–Crippen LogP) is 0.736. The van der Waals surface area contributed by atoms with Gasteiger partial charge in [0.15, 0.2) is 0 Å². The topological polar surface area (TPSA) is 91.6 Å². The largest absolute Gasteiger partial charge is 0.475 e. The number of nitrogens with one attached hydrogen (secondary N) is 2. The molecule has 6 nitrogen and oxygen atoms in total. The van der Waals surface area contributed by atoms with Gasteiger partial charge in [0, 0.05) is 0 Å². The van der Waals surface area contributed by atoms with Crippen LogP contribution in [0.5, 0.6) is 0 Å². The second-order valence-corrected chi connectivity index (χ2v) is 4.62. The van der Waals surface area contributed by atoms with E-state index < -0.39 is 11.5 Å². The van der Waals surface area contributed by atoms with Crippen LogP contribution in [-0.2, 0) is 11.3 Å². The summed E-state index contributed by atoms with van der Waals surface area (Å²) >= 11 is 0. The summed E-state index contributed by atoms with van der Waals surface area (Å²) in [5.41, 5.74) is -0.526. The Morgan fingerprint density at radius 1 is 1.56 bits per heavy atom. The lowest BCUT2D eigenvalue weighted by Gasteiger charge is -2.22. The van der Waals surface area contributed by atoms with Crippen molar-refractivity contribution >= 4 is 11.9 Å². The third kappa shape index (κ3) is 2.53. The highest BCUT2D eigenvalue weighted by atomic mass is 16.4. The Hall–Kier alpha value is -1.82. The zero-order valence-corrected chi connectivity index (χ0v) is 10.2. The Kier molecular flexibility index (Phi) is 3.38. The maximum atomic E-state index is 11.9. The van der Waals surface area contributed by atoms with Gasteiger partial charge < -0.3 is 20.2 Å². The van der Waals surface area contributed by atoms with E-state index in [-0.39, 0.29) is 18.2 Å². The van der Waals surface area contributed by atoms with Crippen LogP contribution in [0.3, 0.4) is 0 Å². The van der Waals surface area contributed by atoms with E-state index in [1.807, 2.05) is 6.92 Å². The molecule has 3 N–H and O–H groups in total. The summed E-state index contributed by atoms with van der Waals surface area (Å²) in [7, 11) is 0. The lowest BCUT2D eigenvalue weighted by molar-refractivity contribution is -0.126. The Morgan fingerprint density at radius 2 is 2.33 bits per heavy atom. The molecule has 0 spiro atoms. The van der Waals surface area contributed by atoms with E-state index >= 15 is 0 Å². The van der Waals surface area contributed by atoms with Crippen LogP contribution >= 0.6 is 0 Å². The molecule has 1 aliphatic rings. The van der Waals surface area contributed by atoms with E-state index in [1.54, 1.807) is 6.07 Å². The first kappa shape index (κ1) is 12.6. The van der Waals surface area contributed by atoms with Gasteiger partial charge in [0.05, 0.1) is 12.1 Å². The fourth-order valence-electron chi connectivity index (χ4n) is 2.04. The summed E-state index contributed by atoms with van der Waals surface area (Å²) in [4.78, 5) is 22.6. The molecule has 0 aliphatic carbocycles. The number of furan rings is 1. The molecular weight excluding hydrogens is 236 g/mol. The molecule has 2 heterocycles. The lowest BCUT2D eigenvalue weighted by Crippen LogP contribution is -2.50. The average molecular weight is 252 g/mol. The third-order valence-electron chi connectivity index (χ3n) is 3.17. The molecule has 1 unspecified atom stereocenters. The number of hydrogen-bond acceptors (Lipinski definition) is 4. The van der Waals surface area contributed by atoms with Gasteiger partial charge in [-0.3, -0.25) is 4.79 Å². The van der Waals surface area contributed by atoms with Gasteiger partial charge in [0.25, 0.3) is 0 Å². The Bertz CT molecular complexity index is 460. The summed E-state index contributed by atoms with van der Waals surface area (Å²) < 4.78 is 5.06. The minimum Gasteiger partial charge on any atom is -0.475 e. The van der Waals surface area contributed by atoms with Gasteiger partial charge in [0.2, 0.25) is 11.7 Å². The van der Waals surface area contributed by atoms with E-state index in [4.69, 9.17) is 9.52 Å². The highest BCUT2D eigenvalue weighted by molar-refractivity contribution is 5.86. The van der Waals surface area contributed by atoms with Gasteiger partial charge in [-0.15, -0.1) is 0 Å². The van der Waals surface area contributed by atoms with Crippen molar-refractivity contribution in [2.75, 3.05) is 6.54 Å². The van der Waals surface area contributed by atoms with Crippen molar-refractivity contribution in [2.24, 2.45) is 0 Å². The molecule has 1 aliphatic heterocycles. The summed E-state index contributed by atoms with van der Waals surface area (Å²) in [6.07, 6.45) is 1.78. The molecule has 98 valence electrons. The van der Waals surface area contributed by atoms with Crippen LogP contribution in [0.25, 0.3) is 0 Å². The van der Waals surface area contributed by atoms with Crippen molar-refractivity contribution < 1.29 is 19.1 Å². The quantitative estimate of drug-likeness (QED) is 0.735. The molecular formula is C12H16N2O4. The molecule has 1 fully saturated rings. The van der Waals surface area contributed by atoms with Crippen molar-refractivity contribution in [3.63, 3.8) is 0 Å². The lowest BCUT2D eigenvalue weighted by atomic mass is 9.99. The molecule has 0 aromatic carbocycles. The normalized spacial score (nSPS) is 22.9. The monoisotopic (exact) mass is 252 g/mol. The number of carbonyl (C=O) groups excluding carboxylic acids is 1. The third-order valence-corrected chi connectivity index (χ3v) is 3.17. The van der Waals surface area contributed by atoms with Crippen molar-refractivity contribution in [3.05, 3.63) is 23.7 Å². The number of hydrogen-bond donors (Lipinski definition) is 3. The van der Waals surface area contributed by atoms with Gasteiger partial charge in [-0.25, -0.2) is 4.79 Å². The first-order chi connectivity index (χ1) is 8.51. The van der Waals surface area contributed by atoms with E-state index in [2.05, 4.69) is 10.6 Å². The summed E-state index contributed by atoms with van der Waals surface area (Å²) in [6, 6.07) is 2.92. The molecule has 0 saturated carbocycles. The molecule has 1 aromatic heterocycles. The van der Waals surface area contributed by atoms with E-state index in [0.29, 0.717) is 5.76 Å². The highest BCUT2D eigenvalue weighted by Crippen LogP contribution is 2.18. The number of rotatable bonds is 4. The van der Waals surface area contributed by atoms with Crippen LogP contribution in [0.1, 0.15) is 36.1 Å². The Morgan fingerprint density at radius 3 is 2.89 bits per heavy atom. The van der Waals surface area contributed by atoms with Crippen LogP contribution in [0, 0.1) is 0 Å². The molecule has 1 aromatic rings. The fraction of sp³-hybridized carbons (Fsp3) is 0.500. The average Bonchev–Trinajstić information content (AvgIpc) is 2.95. The number of aromatic carboxylic acids is 1. The molecule has 1 amide bonds. The van der Waals surface area contributed by atoms with E-state index in [1.165, 1.54) is 6.07 Å². The first-order valence-electron chi connectivity index (χ1n) is 5.87. The second-order valence-electron chi connectivity index (χ2n) is 4.62. The van der Waals surface area contributed by atoms with Crippen molar-refractivity contribution in [1.29, 1.82) is 0 Å². The van der Waals surface area contributed by atoms with Crippen molar-refractivity contribution in [3.8, 4) is 0 Å². The molecule has 2 rings (SSSR count). The molecule has 0 bridgehead atoms. The summed E-state index contributed by atoms with van der Waals surface area (Å²) in [5.74, 6) is -0.892. The van der Waals surface area contributed by atoms with Gasteiger partial charge >= 0.3 is 5.97 Å².